The summed E-state index contributed by atoms with van der Waals surface area (Å²) in [7, 11) is 1.64. The molecule has 6 atom stereocenters. The average molecular weight is 369 g/mol. The van der Waals surface area contributed by atoms with E-state index in [0.717, 1.165) is 6.42 Å². The number of aliphatic hydroxyl groups is 1. The zero-order chi connectivity index (χ0) is 18.9. The highest BCUT2D eigenvalue weighted by molar-refractivity contribution is 5.67. The SMILES string of the molecule is CO[C@H]1C([C@@]2(C)O[C@@H]2/C=C/C(C)C)[C@]2(CC[C@H]1OC(=O)NCCO)CO2. The molecule has 0 aromatic heterocycles. The van der Waals surface area contributed by atoms with Gasteiger partial charge in [-0.05, 0) is 25.7 Å². The molecule has 26 heavy (non-hydrogen) atoms. The molecule has 3 aliphatic rings. The molecule has 1 unspecified atom stereocenters. The quantitative estimate of drug-likeness (QED) is 0.523. The van der Waals surface area contributed by atoms with Gasteiger partial charge in [0.1, 0.15) is 29.5 Å². The number of rotatable bonds is 7. The fraction of sp³-hybridized carbons (Fsp3) is 0.842. The van der Waals surface area contributed by atoms with E-state index in [4.69, 9.17) is 24.1 Å². The first-order valence-electron chi connectivity index (χ1n) is 9.44. The van der Waals surface area contributed by atoms with Gasteiger partial charge in [0.2, 0.25) is 0 Å². The molecule has 2 N–H and O–H groups in total. The fourth-order valence-corrected chi connectivity index (χ4v) is 4.28. The molecule has 0 bridgehead atoms. The molecule has 3 rings (SSSR count). The van der Waals surface area contributed by atoms with E-state index >= 15 is 0 Å². The number of amides is 1. The van der Waals surface area contributed by atoms with Crippen LogP contribution in [0.5, 0.6) is 0 Å². The lowest BCUT2D eigenvalue weighted by atomic mass is 9.68. The molecule has 0 aromatic rings. The molecule has 2 saturated heterocycles. The average Bonchev–Trinajstić information content (AvgIpc) is 3.50. The summed E-state index contributed by atoms with van der Waals surface area (Å²) in [5.74, 6) is 0.455. The second-order valence-electron chi connectivity index (χ2n) is 8.02. The zero-order valence-corrected chi connectivity index (χ0v) is 16.1. The third-order valence-corrected chi connectivity index (χ3v) is 5.72. The lowest BCUT2D eigenvalue weighted by molar-refractivity contribution is -0.118. The van der Waals surface area contributed by atoms with Crippen LogP contribution in [0.15, 0.2) is 12.2 Å². The van der Waals surface area contributed by atoms with Crippen LogP contribution in [0.2, 0.25) is 0 Å². The van der Waals surface area contributed by atoms with Crippen LogP contribution in [0, 0.1) is 11.8 Å². The number of carbonyl (C=O) groups is 1. The summed E-state index contributed by atoms with van der Waals surface area (Å²) < 4.78 is 23.3. The maximum atomic E-state index is 11.9. The Kier molecular flexibility index (Phi) is 5.63. The standard InChI is InChI=1S/C19H31NO6/c1-12(2)5-6-14-18(3,26-14)16-15(23-4)13(7-8-19(16)11-24-19)25-17(22)20-9-10-21/h5-6,12-16,21H,7-11H2,1-4H3,(H,20,22)/b6-5+/t13-,14-,15-,16?,18+,19+/m1/s1. The molecule has 0 aromatic carbocycles. The Hall–Kier alpha value is -1.15. The Morgan fingerprint density at radius 3 is 2.77 bits per heavy atom. The molecule has 1 aliphatic carbocycles. The number of aliphatic hydroxyl groups excluding tert-OH is 1. The summed E-state index contributed by atoms with van der Waals surface area (Å²) in [5.41, 5.74) is -0.622. The number of ether oxygens (including phenoxy) is 4. The molecule has 1 spiro atoms. The highest BCUT2D eigenvalue weighted by Gasteiger charge is 2.72. The van der Waals surface area contributed by atoms with Gasteiger partial charge in [0.15, 0.2) is 0 Å². The van der Waals surface area contributed by atoms with Crippen molar-refractivity contribution in [3.8, 4) is 0 Å². The van der Waals surface area contributed by atoms with Gasteiger partial charge >= 0.3 is 6.09 Å². The monoisotopic (exact) mass is 369 g/mol. The van der Waals surface area contributed by atoms with E-state index in [0.29, 0.717) is 18.9 Å². The molecule has 1 saturated carbocycles. The molecule has 2 aliphatic heterocycles. The van der Waals surface area contributed by atoms with E-state index in [1.54, 1.807) is 7.11 Å². The van der Waals surface area contributed by atoms with Crippen LogP contribution in [0.25, 0.3) is 0 Å². The Balaban J connectivity index is 1.73. The van der Waals surface area contributed by atoms with Gasteiger partial charge in [0, 0.05) is 13.7 Å². The first-order chi connectivity index (χ1) is 12.4. The molecule has 7 nitrogen and oxygen atoms in total. The van der Waals surface area contributed by atoms with Gasteiger partial charge in [-0.15, -0.1) is 0 Å². The first-order valence-corrected chi connectivity index (χ1v) is 9.44. The second kappa shape index (κ2) is 7.46. The van der Waals surface area contributed by atoms with Gasteiger partial charge in [-0.3, -0.25) is 0 Å². The van der Waals surface area contributed by atoms with Gasteiger partial charge < -0.3 is 29.4 Å². The smallest absolute Gasteiger partial charge is 0.407 e. The minimum Gasteiger partial charge on any atom is -0.443 e. The Morgan fingerprint density at radius 2 is 2.19 bits per heavy atom. The minimum atomic E-state index is -0.532. The lowest BCUT2D eigenvalue weighted by Crippen LogP contribution is -2.56. The number of nitrogens with one attached hydrogen (secondary N) is 1. The summed E-state index contributed by atoms with van der Waals surface area (Å²) in [4.78, 5) is 11.9. The third-order valence-electron chi connectivity index (χ3n) is 5.72. The van der Waals surface area contributed by atoms with E-state index in [1.165, 1.54) is 0 Å². The van der Waals surface area contributed by atoms with Crippen LogP contribution < -0.4 is 5.32 Å². The topological polar surface area (TPSA) is 92.9 Å². The van der Waals surface area contributed by atoms with Gasteiger partial charge in [-0.1, -0.05) is 26.0 Å². The fourth-order valence-electron chi connectivity index (χ4n) is 4.28. The van der Waals surface area contributed by atoms with Gasteiger partial charge in [-0.25, -0.2) is 4.79 Å². The maximum absolute atomic E-state index is 11.9. The van der Waals surface area contributed by atoms with Crippen molar-refractivity contribution in [1.82, 2.24) is 5.32 Å². The van der Waals surface area contributed by atoms with E-state index in [9.17, 15) is 4.79 Å². The van der Waals surface area contributed by atoms with Crippen LogP contribution in [0.4, 0.5) is 4.79 Å². The van der Waals surface area contributed by atoms with Crippen molar-refractivity contribution in [2.45, 2.75) is 63.1 Å². The van der Waals surface area contributed by atoms with Crippen LogP contribution in [0.1, 0.15) is 33.6 Å². The van der Waals surface area contributed by atoms with Crippen LogP contribution in [-0.4, -0.2) is 67.6 Å². The molecule has 3 fully saturated rings. The third kappa shape index (κ3) is 3.76. The summed E-state index contributed by atoms with van der Waals surface area (Å²) in [6, 6.07) is 0. The number of hydrogen-bond donors (Lipinski definition) is 2. The first kappa shape index (κ1) is 19.6. The highest BCUT2D eigenvalue weighted by atomic mass is 16.6. The predicted molar refractivity (Wildman–Crippen MR) is 94.8 cm³/mol. The van der Waals surface area contributed by atoms with E-state index in [-0.39, 0.29) is 48.6 Å². The van der Waals surface area contributed by atoms with Crippen molar-refractivity contribution in [3.63, 3.8) is 0 Å². The number of hydrogen-bond acceptors (Lipinski definition) is 6. The molecular formula is C19H31NO6. The normalized spacial score (nSPS) is 41.6. The van der Waals surface area contributed by atoms with E-state index < -0.39 is 6.09 Å². The second-order valence-corrected chi connectivity index (χ2v) is 8.02. The molecule has 2 heterocycles. The predicted octanol–water partition coefficient (Wildman–Crippen LogP) is 1.64. The van der Waals surface area contributed by atoms with E-state index in [2.05, 4.69) is 38.2 Å². The number of epoxide rings is 2. The number of alkyl carbamates (subject to hydrolysis) is 1. The summed E-state index contributed by atoms with van der Waals surface area (Å²) in [5, 5.41) is 11.4. The largest absolute Gasteiger partial charge is 0.443 e. The Labute approximate surface area is 155 Å². The van der Waals surface area contributed by atoms with Crippen molar-refractivity contribution >= 4 is 6.09 Å². The van der Waals surface area contributed by atoms with Gasteiger partial charge in [-0.2, -0.15) is 0 Å². The van der Waals surface area contributed by atoms with Crippen LogP contribution in [0.3, 0.4) is 0 Å². The summed E-state index contributed by atoms with van der Waals surface area (Å²) >= 11 is 0. The summed E-state index contributed by atoms with van der Waals surface area (Å²) in [6.45, 7) is 7.10. The highest BCUT2D eigenvalue weighted by Crippen LogP contribution is 2.59. The van der Waals surface area contributed by atoms with Crippen molar-refractivity contribution in [3.05, 3.63) is 12.2 Å². The maximum Gasteiger partial charge on any atom is 0.407 e. The molecule has 148 valence electrons. The number of methoxy groups -OCH3 is 1. The molecule has 7 heteroatoms. The van der Waals surface area contributed by atoms with Gasteiger partial charge in [0.25, 0.3) is 0 Å². The molecule has 0 radical (unpaired) electrons. The minimum absolute atomic E-state index is 0.00814. The van der Waals surface area contributed by atoms with Crippen LogP contribution in [-0.2, 0) is 18.9 Å². The van der Waals surface area contributed by atoms with E-state index in [1.807, 2.05) is 0 Å². The van der Waals surface area contributed by atoms with Crippen LogP contribution >= 0.6 is 0 Å². The van der Waals surface area contributed by atoms with Crippen molar-refractivity contribution in [2.24, 2.45) is 11.8 Å². The number of carbonyl (C=O) groups excluding carboxylic acids is 1. The Bertz CT molecular complexity index is 546. The lowest BCUT2D eigenvalue weighted by Gasteiger charge is -2.42. The molecular weight excluding hydrogens is 338 g/mol. The zero-order valence-electron chi connectivity index (χ0n) is 16.1. The van der Waals surface area contributed by atoms with Crippen molar-refractivity contribution < 1.29 is 28.8 Å². The van der Waals surface area contributed by atoms with Gasteiger partial charge in [0.05, 0.1) is 19.1 Å². The summed E-state index contributed by atoms with van der Waals surface area (Å²) in [6.07, 6.45) is 4.59. The Morgan fingerprint density at radius 1 is 1.46 bits per heavy atom. The number of allylic oxidation sites excluding steroid dienone is 1. The van der Waals surface area contributed by atoms with Crippen molar-refractivity contribution in [1.29, 1.82) is 0 Å². The molecule has 1 amide bonds. The van der Waals surface area contributed by atoms with Crippen molar-refractivity contribution in [2.75, 3.05) is 26.9 Å².